The fraction of sp³-hybridized carbons (Fsp3) is 0.571. The molecule has 1 heterocycles. The van der Waals surface area contributed by atoms with Crippen LogP contribution in [0, 0.1) is 13.8 Å². The highest BCUT2D eigenvalue weighted by molar-refractivity contribution is 9.10. The van der Waals surface area contributed by atoms with Crippen LogP contribution in [-0.4, -0.2) is 38.2 Å². The number of aryl methyl sites for hydroxylation is 1. The van der Waals surface area contributed by atoms with Crippen molar-refractivity contribution in [2.24, 2.45) is 0 Å². The van der Waals surface area contributed by atoms with Crippen LogP contribution in [0.25, 0.3) is 0 Å². The zero-order valence-electron chi connectivity index (χ0n) is 11.3. The lowest BCUT2D eigenvalue weighted by Gasteiger charge is -2.28. The van der Waals surface area contributed by atoms with Gasteiger partial charge in [-0.15, -0.1) is 0 Å². The van der Waals surface area contributed by atoms with Crippen LogP contribution >= 0.6 is 15.9 Å². The topological polar surface area (TPSA) is 24.5 Å². The van der Waals surface area contributed by atoms with Crippen molar-refractivity contribution >= 4 is 15.9 Å². The predicted octanol–water partition coefficient (Wildman–Crippen LogP) is 2.48. The highest BCUT2D eigenvalue weighted by atomic mass is 79.9. The summed E-state index contributed by atoms with van der Waals surface area (Å²) in [6, 6.07) is 2.23. The average molecular weight is 313 g/mol. The number of nitrogens with one attached hydrogen (secondary N) is 1. The molecule has 1 aliphatic rings. The Hall–Kier alpha value is -0.580. The number of benzene rings is 1. The SMILES string of the molecule is COc1c(CN2CCNCC2)cc(C)c(Br)c1C. The van der Waals surface area contributed by atoms with Crippen molar-refractivity contribution < 1.29 is 4.74 Å². The first-order valence-corrected chi connectivity index (χ1v) is 7.18. The second kappa shape index (κ2) is 6.04. The monoisotopic (exact) mass is 312 g/mol. The predicted molar refractivity (Wildman–Crippen MR) is 78.3 cm³/mol. The third kappa shape index (κ3) is 2.87. The normalized spacial score (nSPS) is 16.9. The standard InChI is InChI=1S/C14H21BrN2O/c1-10-8-12(9-17-6-4-16-5-7-17)14(18-3)11(2)13(10)15/h8,16H,4-7,9H2,1-3H3. The molecule has 0 amide bonds. The third-order valence-electron chi connectivity index (χ3n) is 3.51. The first kappa shape index (κ1) is 13.8. The molecule has 1 aliphatic heterocycles. The van der Waals surface area contributed by atoms with Crippen LogP contribution in [0.15, 0.2) is 10.5 Å². The smallest absolute Gasteiger partial charge is 0.127 e. The van der Waals surface area contributed by atoms with E-state index >= 15 is 0 Å². The van der Waals surface area contributed by atoms with E-state index in [-0.39, 0.29) is 0 Å². The van der Waals surface area contributed by atoms with Crippen LogP contribution in [0.4, 0.5) is 0 Å². The summed E-state index contributed by atoms with van der Waals surface area (Å²) in [7, 11) is 1.76. The number of rotatable bonds is 3. The summed E-state index contributed by atoms with van der Waals surface area (Å²) in [5, 5.41) is 3.38. The maximum Gasteiger partial charge on any atom is 0.127 e. The molecule has 18 heavy (non-hydrogen) atoms. The molecule has 0 saturated carbocycles. The van der Waals surface area contributed by atoms with Gasteiger partial charge in [0.05, 0.1) is 7.11 Å². The number of methoxy groups -OCH3 is 1. The van der Waals surface area contributed by atoms with E-state index in [1.807, 2.05) is 0 Å². The largest absolute Gasteiger partial charge is 0.496 e. The second-order valence-electron chi connectivity index (χ2n) is 4.85. The van der Waals surface area contributed by atoms with E-state index in [9.17, 15) is 0 Å². The lowest BCUT2D eigenvalue weighted by atomic mass is 10.0. The molecule has 0 aliphatic carbocycles. The average Bonchev–Trinajstić information content (AvgIpc) is 2.38. The maximum absolute atomic E-state index is 5.58. The van der Waals surface area contributed by atoms with E-state index in [2.05, 4.69) is 46.1 Å². The zero-order valence-corrected chi connectivity index (χ0v) is 12.9. The molecular formula is C14H21BrN2O. The molecular weight excluding hydrogens is 292 g/mol. The molecule has 0 spiro atoms. The van der Waals surface area contributed by atoms with Gasteiger partial charge in [0.2, 0.25) is 0 Å². The van der Waals surface area contributed by atoms with E-state index in [1.54, 1.807) is 7.11 Å². The Balaban J connectivity index is 2.25. The fourth-order valence-corrected chi connectivity index (χ4v) is 2.83. The molecule has 0 atom stereocenters. The molecule has 1 N–H and O–H groups in total. The number of piperazine rings is 1. The van der Waals surface area contributed by atoms with Gasteiger partial charge in [0, 0.05) is 48.3 Å². The van der Waals surface area contributed by atoms with Crippen molar-refractivity contribution in [1.82, 2.24) is 10.2 Å². The third-order valence-corrected chi connectivity index (χ3v) is 4.73. The molecule has 0 unspecified atom stereocenters. The molecule has 1 aromatic rings. The van der Waals surface area contributed by atoms with Crippen molar-refractivity contribution in [1.29, 1.82) is 0 Å². The molecule has 2 rings (SSSR count). The molecule has 0 bridgehead atoms. The summed E-state index contributed by atoms with van der Waals surface area (Å²) >= 11 is 3.63. The van der Waals surface area contributed by atoms with Gasteiger partial charge in [-0.3, -0.25) is 4.90 Å². The molecule has 0 radical (unpaired) electrons. The van der Waals surface area contributed by atoms with Crippen molar-refractivity contribution in [3.63, 3.8) is 0 Å². The summed E-state index contributed by atoms with van der Waals surface area (Å²) in [6.07, 6.45) is 0. The minimum Gasteiger partial charge on any atom is -0.496 e. The first-order chi connectivity index (χ1) is 8.63. The quantitative estimate of drug-likeness (QED) is 0.928. The summed E-state index contributed by atoms with van der Waals surface area (Å²) in [6.45, 7) is 9.59. The van der Waals surface area contributed by atoms with Gasteiger partial charge in [-0.25, -0.2) is 0 Å². The van der Waals surface area contributed by atoms with Gasteiger partial charge in [0.15, 0.2) is 0 Å². The summed E-state index contributed by atoms with van der Waals surface area (Å²) < 4.78 is 6.74. The molecule has 4 heteroatoms. The molecule has 3 nitrogen and oxygen atoms in total. The molecule has 0 aromatic heterocycles. The maximum atomic E-state index is 5.58. The van der Waals surface area contributed by atoms with Crippen molar-refractivity contribution in [3.8, 4) is 5.75 Å². The lowest BCUT2D eigenvalue weighted by molar-refractivity contribution is 0.230. The number of ether oxygens (including phenoxy) is 1. The highest BCUT2D eigenvalue weighted by Gasteiger charge is 2.16. The van der Waals surface area contributed by atoms with Crippen molar-refractivity contribution in [2.45, 2.75) is 20.4 Å². The Kier molecular flexibility index (Phi) is 4.65. The Morgan fingerprint density at radius 1 is 1.33 bits per heavy atom. The minimum atomic E-state index is 0.972. The number of hydrogen-bond donors (Lipinski definition) is 1. The zero-order chi connectivity index (χ0) is 13.1. The van der Waals surface area contributed by atoms with Crippen LogP contribution < -0.4 is 10.1 Å². The Morgan fingerprint density at radius 2 is 2.00 bits per heavy atom. The first-order valence-electron chi connectivity index (χ1n) is 6.39. The van der Waals surface area contributed by atoms with E-state index in [0.717, 1.165) is 42.9 Å². The molecule has 1 fully saturated rings. The van der Waals surface area contributed by atoms with Crippen LogP contribution in [0.5, 0.6) is 5.75 Å². The van der Waals surface area contributed by atoms with Crippen LogP contribution in [0.3, 0.4) is 0 Å². The van der Waals surface area contributed by atoms with Crippen molar-refractivity contribution in [3.05, 3.63) is 27.2 Å². The van der Waals surface area contributed by atoms with E-state index in [0.29, 0.717) is 0 Å². The van der Waals surface area contributed by atoms with Gasteiger partial charge in [-0.2, -0.15) is 0 Å². The summed E-state index contributed by atoms with van der Waals surface area (Å²) in [5.74, 6) is 1.02. The lowest BCUT2D eigenvalue weighted by Crippen LogP contribution is -2.42. The summed E-state index contributed by atoms with van der Waals surface area (Å²) in [5.41, 5.74) is 3.76. The summed E-state index contributed by atoms with van der Waals surface area (Å²) in [4.78, 5) is 2.47. The van der Waals surface area contributed by atoms with Gasteiger partial charge in [-0.05, 0) is 25.5 Å². The fourth-order valence-electron chi connectivity index (χ4n) is 2.54. The van der Waals surface area contributed by atoms with Crippen LogP contribution in [-0.2, 0) is 6.54 Å². The van der Waals surface area contributed by atoms with Gasteiger partial charge in [0.1, 0.15) is 5.75 Å². The van der Waals surface area contributed by atoms with E-state index < -0.39 is 0 Å². The Morgan fingerprint density at radius 3 is 2.61 bits per heavy atom. The number of nitrogens with zero attached hydrogens (tertiary/aromatic N) is 1. The van der Waals surface area contributed by atoms with Crippen LogP contribution in [0.2, 0.25) is 0 Å². The molecule has 100 valence electrons. The Labute approximate surface area is 118 Å². The minimum absolute atomic E-state index is 0.972. The van der Waals surface area contributed by atoms with E-state index in [1.165, 1.54) is 16.7 Å². The van der Waals surface area contributed by atoms with Gasteiger partial charge >= 0.3 is 0 Å². The van der Waals surface area contributed by atoms with Gasteiger partial charge in [0.25, 0.3) is 0 Å². The second-order valence-corrected chi connectivity index (χ2v) is 5.64. The van der Waals surface area contributed by atoms with Gasteiger partial charge in [-0.1, -0.05) is 15.9 Å². The number of hydrogen-bond acceptors (Lipinski definition) is 3. The Bertz CT molecular complexity index is 428. The molecule has 1 saturated heterocycles. The number of halogens is 1. The van der Waals surface area contributed by atoms with Crippen molar-refractivity contribution in [2.75, 3.05) is 33.3 Å². The highest BCUT2D eigenvalue weighted by Crippen LogP contribution is 2.33. The van der Waals surface area contributed by atoms with Gasteiger partial charge < -0.3 is 10.1 Å². The van der Waals surface area contributed by atoms with Crippen LogP contribution in [0.1, 0.15) is 16.7 Å². The van der Waals surface area contributed by atoms with E-state index in [4.69, 9.17) is 4.74 Å². The molecule has 1 aromatic carbocycles.